The van der Waals surface area contributed by atoms with Crippen LogP contribution in [0.25, 0.3) is 0 Å². The van der Waals surface area contributed by atoms with E-state index in [0.29, 0.717) is 6.42 Å². The van der Waals surface area contributed by atoms with Crippen LogP contribution in [-0.4, -0.2) is 53.9 Å². The average molecular weight is 223 g/mol. The van der Waals surface area contributed by atoms with Gasteiger partial charge in [-0.3, -0.25) is 4.79 Å². The molecule has 82 valence electrons. The summed E-state index contributed by atoms with van der Waals surface area (Å²) in [6.45, 7) is 0.366. The van der Waals surface area contributed by atoms with Gasteiger partial charge in [0, 0.05) is 13.1 Å². The zero-order valence-corrected chi connectivity index (χ0v) is 8.40. The highest BCUT2D eigenvalue weighted by atomic mass is 32.2. The second-order valence-electron chi connectivity index (χ2n) is 3.26. The second kappa shape index (κ2) is 4.24. The molecule has 1 aliphatic rings. The van der Waals surface area contributed by atoms with Crippen LogP contribution in [0.1, 0.15) is 12.8 Å². The smallest absolute Gasteiger partial charge is 0.304 e. The Morgan fingerprint density at radius 1 is 1.50 bits per heavy atom. The Hall–Kier alpha value is -0.660. The fourth-order valence-corrected chi connectivity index (χ4v) is 2.78. The van der Waals surface area contributed by atoms with E-state index in [-0.39, 0.29) is 13.1 Å². The predicted octanol–water partition coefficient (Wildman–Crippen LogP) is -1.14. The van der Waals surface area contributed by atoms with Crippen LogP contribution in [0.3, 0.4) is 0 Å². The molecule has 0 aromatic rings. The Labute approximate surface area is 82.2 Å². The minimum absolute atomic E-state index is 0.0853. The van der Waals surface area contributed by atoms with Crippen molar-refractivity contribution in [1.29, 1.82) is 0 Å². The zero-order valence-electron chi connectivity index (χ0n) is 7.59. The molecule has 2 N–H and O–H groups in total. The Balaban J connectivity index is 2.53. The molecule has 6 nitrogen and oxygen atoms in total. The lowest BCUT2D eigenvalue weighted by molar-refractivity contribution is -0.136. The minimum Gasteiger partial charge on any atom is -0.481 e. The van der Waals surface area contributed by atoms with E-state index in [9.17, 15) is 13.2 Å². The maximum absolute atomic E-state index is 11.4. The van der Waals surface area contributed by atoms with Crippen LogP contribution in [0.5, 0.6) is 0 Å². The van der Waals surface area contributed by atoms with Crippen LogP contribution >= 0.6 is 0 Å². The fourth-order valence-electron chi connectivity index (χ4n) is 1.31. The molecule has 0 aliphatic carbocycles. The van der Waals surface area contributed by atoms with Crippen molar-refractivity contribution in [3.05, 3.63) is 0 Å². The van der Waals surface area contributed by atoms with Gasteiger partial charge in [-0.05, 0) is 6.42 Å². The average Bonchev–Trinajstić information content (AvgIpc) is 2.49. The number of sulfonamides is 1. The zero-order chi connectivity index (χ0) is 10.8. The predicted molar refractivity (Wildman–Crippen MR) is 48.2 cm³/mol. The molecule has 1 fully saturated rings. The molecule has 1 unspecified atom stereocenters. The van der Waals surface area contributed by atoms with Gasteiger partial charge in [-0.25, -0.2) is 8.42 Å². The fraction of sp³-hybridized carbons (Fsp3) is 0.857. The van der Waals surface area contributed by atoms with Crippen LogP contribution in [0, 0.1) is 0 Å². The first kappa shape index (κ1) is 11.4. The van der Waals surface area contributed by atoms with Gasteiger partial charge in [0.15, 0.2) is 0 Å². The number of carboxylic acid groups (broad SMARTS) is 1. The van der Waals surface area contributed by atoms with E-state index in [1.165, 1.54) is 0 Å². The molecule has 0 bridgehead atoms. The molecule has 7 heteroatoms. The lowest BCUT2D eigenvalue weighted by Crippen LogP contribution is -2.32. The molecular weight excluding hydrogens is 210 g/mol. The lowest BCUT2D eigenvalue weighted by Gasteiger charge is -2.14. The number of carbonyl (C=O) groups is 1. The van der Waals surface area contributed by atoms with Crippen LogP contribution < -0.4 is 0 Å². The maximum Gasteiger partial charge on any atom is 0.304 e. The monoisotopic (exact) mass is 223 g/mol. The van der Waals surface area contributed by atoms with Crippen molar-refractivity contribution in [2.45, 2.75) is 18.9 Å². The molecular formula is C7H13NO5S. The summed E-state index contributed by atoms with van der Waals surface area (Å²) in [7, 11) is -3.50. The summed E-state index contributed by atoms with van der Waals surface area (Å²) >= 11 is 0. The van der Waals surface area contributed by atoms with Gasteiger partial charge in [0.1, 0.15) is 0 Å². The van der Waals surface area contributed by atoms with Crippen LogP contribution in [0.4, 0.5) is 0 Å². The first-order chi connectivity index (χ1) is 6.42. The first-order valence-corrected chi connectivity index (χ1v) is 5.90. The van der Waals surface area contributed by atoms with Crippen LogP contribution in [-0.2, 0) is 14.8 Å². The third-order valence-electron chi connectivity index (χ3n) is 2.09. The first-order valence-electron chi connectivity index (χ1n) is 4.29. The number of rotatable bonds is 4. The van der Waals surface area contributed by atoms with E-state index in [2.05, 4.69) is 0 Å². The van der Waals surface area contributed by atoms with Gasteiger partial charge < -0.3 is 10.2 Å². The van der Waals surface area contributed by atoms with Crippen LogP contribution in [0.15, 0.2) is 0 Å². The Bertz CT molecular complexity index is 312. The van der Waals surface area contributed by atoms with Gasteiger partial charge >= 0.3 is 5.97 Å². The number of hydrogen-bond acceptors (Lipinski definition) is 4. The number of aliphatic hydroxyl groups is 1. The van der Waals surface area contributed by atoms with Crippen molar-refractivity contribution in [2.24, 2.45) is 0 Å². The summed E-state index contributed by atoms with van der Waals surface area (Å²) in [5.41, 5.74) is 0. The molecule has 1 rings (SSSR count). The number of aliphatic hydroxyl groups excluding tert-OH is 1. The number of nitrogens with zero attached hydrogens (tertiary/aromatic N) is 1. The van der Waals surface area contributed by atoms with Crippen molar-refractivity contribution in [2.75, 3.05) is 18.8 Å². The standard InChI is InChI=1S/C7H13NO5S/c9-6-1-3-8(5-6)14(12,13)4-2-7(10)11/h6,9H,1-5H2,(H,10,11). The van der Waals surface area contributed by atoms with Gasteiger partial charge in [0.05, 0.1) is 18.3 Å². The molecule has 0 spiro atoms. The molecule has 1 heterocycles. The van der Waals surface area contributed by atoms with E-state index < -0.39 is 34.3 Å². The number of hydrogen-bond donors (Lipinski definition) is 2. The van der Waals surface area contributed by atoms with Crippen molar-refractivity contribution in [3.63, 3.8) is 0 Å². The Kier molecular flexibility index (Phi) is 3.46. The summed E-state index contributed by atoms with van der Waals surface area (Å²) in [6.07, 6.45) is -0.587. The Morgan fingerprint density at radius 3 is 2.57 bits per heavy atom. The summed E-state index contributed by atoms with van der Waals surface area (Å²) in [6, 6.07) is 0. The minimum atomic E-state index is -3.50. The van der Waals surface area contributed by atoms with Crippen LogP contribution in [0.2, 0.25) is 0 Å². The molecule has 0 aromatic carbocycles. The highest BCUT2D eigenvalue weighted by Gasteiger charge is 2.30. The third kappa shape index (κ3) is 2.93. The number of carboxylic acids is 1. The van der Waals surface area contributed by atoms with E-state index in [1.807, 2.05) is 0 Å². The second-order valence-corrected chi connectivity index (χ2v) is 5.35. The molecule has 1 aliphatic heterocycles. The highest BCUT2D eigenvalue weighted by Crippen LogP contribution is 2.14. The third-order valence-corrected chi connectivity index (χ3v) is 3.93. The van der Waals surface area contributed by atoms with Gasteiger partial charge in [0.2, 0.25) is 10.0 Å². The summed E-state index contributed by atoms with van der Waals surface area (Å²) in [5, 5.41) is 17.5. The molecule has 0 radical (unpaired) electrons. The van der Waals surface area contributed by atoms with Crippen molar-refractivity contribution in [3.8, 4) is 0 Å². The van der Waals surface area contributed by atoms with Crippen molar-refractivity contribution >= 4 is 16.0 Å². The van der Waals surface area contributed by atoms with E-state index in [1.54, 1.807) is 0 Å². The van der Waals surface area contributed by atoms with Gasteiger partial charge in [0.25, 0.3) is 0 Å². The van der Waals surface area contributed by atoms with Gasteiger partial charge in [-0.1, -0.05) is 0 Å². The van der Waals surface area contributed by atoms with Crippen molar-refractivity contribution < 1.29 is 23.4 Å². The quantitative estimate of drug-likeness (QED) is 0.628. The highest BCUT2D eigenvalue weighted by molar-refractivity contribution is 7.89. The maximum atomic E-state index is 11.4. The number of β-amino-alcohol motifs (C(OH)–C–C–N with tert-alkyl or cyclic N) is 1. The van der Waals surface area contributed by atoms with Gasteiger partial charge in [-0.15, -0.1) is 0 Å². The lowest BCUT2D eigenvalue weighted by atomic mass is 10.3. The molecule has 1 saturated heterocycles. The summed E-state index contributed by atoms with van der Waals surface area (Å²) in [4.78, 5) is 10.2. The van der Waals surface area contributed by atoms with Gasteiger partial charge in [-0.2, -0.15) is 4.31 Å². The molecule has 14 heavy (non-hydrogen) atoms. The molecule has 0 amide bonds. The SMILES string of the molecule is O=C(O)CCS(=O)(=O)N1CCC(O)C1. The summed E-state index contributed by atoms with van der Waals surface area (Å²) in [5.74, 6) is -1.52. The largest absolute Gasteiger partial charge is 0.481 e. The molecule has 0 saturated carbocycles. The molecule has 0 aromatic heterocycles. The summed E-state index contributed by atoms with van der Waals surface area (Å²) < 4.78 is 24.0. The topological polar surface area (TPSA) is 94.9 Å². The van der Waals surface area contributed by atoms with E-state index in [4.69, 9.17) is 10.2 Å². The Morgan fingerprint density at radius 2 is 2.14 bits per heavy atom. The van der Waals surface area contributed by atoms with Crippen molar-refractivity contribution in [1.82, 2.24) is 4.31 Å². The molecule has 1 atom stereocenters. The van der Waals surface area contributed by atoms with E-state index in [0.717, 1.165) is 4.31 Å². The van der Waals surface area contributed by atoms with E-state index >= 15 is 0 Å². The normalized spacial score (nSPS) is 23.9. The number of aliphatic carboxylic acids is 1.